The van der Waals surface area contributed by atoms with Gasteiger partial charge in [-0.05, 0) is 65.7 Å². The number of rotatable bonds is 2. The van der Waals surface area contributed by atoms with Gasteiger partial charge < -0.3 is 5.32 Å². The molecule has 1 aliphatic rings. The summed E-state index contributed by atoms with van der Waals surface area (Å²) in [6, 6.07) is 4.01. The summed E-state index contributed by atoms with van der Waals surface area (Å²) in [6.07, 6.45) is 0.00834. The Morgan fingerprint density at radius 3 is 2.37 bits per heavy atom. The summed E-state index contributed by atoms with van der Waals surface area (Å²) >= 11 is 3.31. The molecule has 1 N–H and O–H groups in total. The van der Waals surface area contributed by atoms with Gasteiger partial charge in [0.2, 0.25) is 0 Å². The summed E-state index contributed by atoms with van der Waals surface area (Å²) in [5.74, 6) is 0.725. The van der Waals surface area contributed by atoms with Crippen molar-refractivity contribution < 1.29 is 13.2 Å². The predicted octanol–water partition coefficient (Wildman–Crippen LogP) is 5.46. The van der Waals surface area contributed by atoms with Crippen molar-refractivity contribution >= 4 is 21.6 Å². The Morgan fingerprint density at radius 1 is 1.16 bits per heavy atom. The van der Waals surface area contributed by atoms with Gasteiger partial charge in [0.15, 0.2) is 0 Å². The van der Waals surface area contributed by atoms with E-state index in [1.54, 1.807) is 0 Å². The van der Waals surface area contributed by atoms with Gasteiger partial charge >= 0.3 is 6.18 Å². The first-order chi connectivity index (χ1) is 8.86. The molecule has 19 heavy (non-hydrogen) atoms. The van der Waals surface area contributed by atoms with E-state index in [2.05, 4.69) is 28.2 Å². The molecule has 0 aromatic heterocycles. The van der Waals surface area contributed by atoms with E-state index in [9.17, 15) is 13.2 Å². The third-order valence-corrected chi connectivity index (χ3v) is 4.36. The van der Waals surface area contributed by atoms with Crippen molar-refractivity contribution in [3.05, 3.63) is 28.2 Å². The smallest absolute Gasteiger partial charge is 0.381 e. The van der Waals surface area contributed by atoms with E-state index >= 15 is 0 Å². The molecule has 1 aliphatic carbocycles. The van der Waals surface area contributed by atoms with Crippen LogP contribution in [0.5, 0.6) is 0 Å². The molecule has 1 aromatic rings. The molecule has 0 heterocycles. The lowest BCUT2D eigenvalue weighted by molar-refractivity contribution is -0.137. The standard InChI is InChI=1S/C14H17BrF3N/c1-9-2-5-11(6-3-9)19-13-8-10(14(16,17)18)4-7-12(13)15/h4,7-9,11,19H,2-3,5-6H2,1H3. The Kier molecular flexibility index (Phi) is 4.43. The number of nitrogens with one attached hydrogen (secondary N) is 1. The summed E-state index contributed by atoms with van der Waals surface area (Å²) in [7, 11) is 0. The molecule has 5 heteroatoms. The fourth-order valence-electron chi connectivity index (χ4n) is 2.44. The number of benzene rings is 1. The maximum absolute atomic E-state index is 12.7. The molecule has 2 rings (SSSR count). The van der Waals surface area contributed by atoms with Crippen LogP contribution in [0.15, 0.2) is 22.7 Å². The monoisotopic (exact) mass is 335 g/mol. The van der Waals surface area contributed by atoms with E-state index in [1.165, 1.54) is 12.1 Å². The molecule has 1 aromatic carbocycles. The van der Waals surface area contributed by atoms with E-state index in [-0.39, 0.29) is 6.04 Å². The molecule has 1 fully saturated rings. The van der Waals surface area contributed by atoms with E-state index < -0.39 is 11.7 Å². The highest BCUT2D eigenvalue weighted by atomic mass is 79.9. The van der Waals surface area contributed by atoms with Crippen LogP contribution < -0.4 is 5.32 Å². The van der Waals surface area contributed by atoms with Crippen LogP contribution in [0.4, 0.5) is 18.9 Å². The predicted molar refractivity (Wildman–Crippen MR) is 74.2 cm³/mol. The third-order valence-electron chi connectivity index (χ3n) is 3.67. The van der Waals surface area contributed by atoms with E-state index in [0.29, 0.717) is 10.2 Å². The van der Waals surface area contributed by atoms with E-state index in [0.717, 1.165) is 37.7 Å². The topological polar surface area (TPSA) is 12.0 Å². The zero-order valence-electron chi connectivity index (χ0n) is 10.7. The normalized spacial score (nSPS) is 24.3. The van der Waals surface area contributed by atoms with Crippen LogP contribution in [0.3, 0.4) is 0 Å². The summed E-state index contributed by atoms with van der Waals surface area (Å²) in [5, 5.41) is 3.24. The van der Waals surface area contributed by atoms with Crippen molar-refractivity contribution in [3.63, 3.8) is 0 Å². The van der Waals surface area contributed by atoms with Crippen LogP contribution in [-0.4, -0.2) is 6.04 Å². The summed E-state index contributed by atoms with van der Waals surface area (Å²) < 4.78 is 38.7. The summed E-state index contributed by atoms with van der Waals surface area (Å²) in [4.78, 5) is 0. The lowest BCUT2D eigenvalue weighted by atomic mass is 9.87. The van der Waals surface area contributed by atoms with Crippen molar-refractivity contribution in [2.75, 3.05) is 5.32 Å². The molecule has 0 spiro atoms. The van der Waals surface area contributed by atoms with Gasteiger partial charge in [0.25, 0.3) is 0 Å². The number of anilines is 1. The molecule has 0 aliphatic heterocycles. The van der Waals surface area contributed by atoms with Crippen LogP contribution in [0.25, 0.3) is 0 Å². The first-order valence-corrected chi connectivity index (χ1v) is 7.29. The van der Waals surface area contributed by atoms with Crippen LogP contribution >= 0.6 is 15.9 Å². The molecular weight excluding hydrogens is 319 g/mol. The van der Waals surface area contributed by atoms with Crippen molar-refractivity contribution in [1.82, 2.24) is 0 Å². The van der Waals surface area contributed by atoms with Gasteiger partial charge in [-0.2, -0.15) is 13.2 Å². The number of hydrogen-bond donors (Lipinski definition) is 1. The Balaban J connectivity index is 2.11. The van der Waals surface area contributed by atoms with Gasteiger partial charge in [-0.25, -0.2) is 0 Å². The van der Waals surface area contributed by atoms with Gasteiger partial charge in [-0.15, -0.1) is 0 Å². The summed E-state index contributed by atoms with van der Waals surface area (Å²) in [6.45, 7) is 2.22. The van der Waals surface area contributed by atoms with Gasteiger partial charge in [-0.3, -0.25) is 0 Å². The lowest BCUT2D eigenvalue weighted by Crippen LogP contribution is -2.25. The third kappa shape index (κ3) is 3.88. The quantitative estimate of drug-likeness (QED) is 0.756. The molecule has 0 bridgehead atoms. The zero-order valence-corrected chi connectivity index (χ0v) is 12.3. The minimum absolute atomic E-state index is 0.274. The molecule has 0 radical (unpaired) electrons. The lowest BCUT2D eigenvalue weighted by Gasteiger charge is -2.28. The zero-order chi connectivity index (χ0) is 14.0. The number of alkyl halides is 3. The van der Waals surface area contributed by atoms with E-state index in [1.807, 2.05) is 0 Å². The number of hydrogen-bond acceptors (Lipinski definition) is 1. The van der Waals surface area contributed by atoms with Crippen LogP contribution in [-0.2, 0) is 6.18 Å². The van der Waals surface area contributed by atoms with Crippen LogP contribution in [0.1, 0.15) is 38.2 Å². The second-order valence-corrected chi connectivity index (χ2v) is 6.15. The van der Waals surface area contributed by atoms with Crippen LogP contribution in [0.2, 0.25) is 0 Å². The van der Waals surface area contributed by atoms with Gasteiger partial charge in [-0.1, -0.05) is 6.92 Å². The highest BCUT2D eigenvalue weighted by Gasteiger charge is 2.31. The number of halogens is 4. The molecule has 0 amide bonds. The maximum atomic E-state index is 12.7. The minimum Gasteiger partial charge on any atom is -0.381 e. The minimum atomic E-state index is -4.29. The first-order valence-electron chi connectivity index (χ1n) is 6.49. The Morgan fingerprint density at radius 2 is 1.79 bits per heavy atom. The van der Waals surface area contributed by atoms with Gasteiger partial charge in [0, 0.05) is 16.2 Å². The summed E-state index contributed by atoms with van der Waals surface area (Å²) in [5.41, 5.74) is -0.0724. The van der Waals surface area contributed by atoms with Gasteiger partial charge in [0.05, 0.1) is 5.56 Å². The SMILES string of the molecule is CC1CCC(Nc2cc(C(F)(F)F)ccc2Br)CC1. The molecule has 0 saturated heterocycles. The van der Waals surface area contributed by atoms with E-state index in [4.69, 9.17) is 0 Å². The molecule has 0 atom stereocenters. The highest BCUT2D eigenvalue weighted by molar-refractivity contribution is 9.10. The molecule has 1 saturated carbocycles. The fraction of sp³-hybridized carbons (Fsp3) is 0.571. The average molecular weight is 336 g/mol. The molecular formula is C14H17BrF3N. The fourth-order valence-corrected chi connectivity index (χ4v) is 2.80. The van der Waals surface area contributed by atoms with Crippen molar-refractivity contribution in [2.24, 2.45) is 5.92 Å². The second-order valence-electron chi connectivity index (χ2n) is 5.29. The Labute approximate surface area is 119 Å². The van der Waals surface area contributed by atoms with Crippen molar-refractivity contribution in [2.45, 2.75) is 44.8 Å². The molecule has 106 valence electrons. The second kappa shape index (κ2) is 5.73. The molecule has 1 nitrogen and oxygen atoms in total. The van der Waals surface area contributed by atoms with Crippen molar-refractivity contribution in [3.8, 4) is 0 Å². The average Bonchev–Trinajstić information content (AvgIpc) is 2.33. The van der Waals surface area contributed by atoms with Gasteiger partial charge in [0.1, 0.15) is 0 Å². The highest BCUT2D eigenvalue weighted by Crippen LogP contribution is 2.35. The Hall–Kier alpha value is -0.710. The first kappa shape index (κ1) is 14.7. The Bertz CT molecular complexity index is 437. The van der Waals surface area contributed by atoms with Crippen LogP contribution in [0, 0.1) is 5.92 Å². The maximum Gasteiger partial charge on any atom is 0.416 e. The van der Waals surface area contributed by atoms with Crippen molar-refractivity contribution in [1.29, 1.82) is 0 Å². The molecule has 0 unspecified atom stereocenters. The largest absolute Gasteiger partial charge is 0.416 e.